The van der Waals surface area contributed by atoms with Gasteiger partial charge in [0.2, 0.25) is 11.8 Å². The second kappa shape index (κ2) is 8.12. The third-order valence-corrected chi connectivity index (χ3v) is 6.36. The molecule has 4 rings (SSSR count). The van der Waals surface area contributed by atoms with Crippen molar-refractivity contribution >= 4 is 39.6 Å². The Labute approximate surface area is 192 Å². The van der Waals surface area contributed by atoms with Crippen LogP contribution >= 0.6 is 15.9 Å². The molecule has 1 saturated heterocycles. The lowest BCUT2D eigenvalue weighted by Crippen LogP contribution is -2.52. The molecular weight excluding hydrogens is 481 g/mol. The van der Waals surface area contributed by atoms with Gasteiger partial charge in [0.1, 0.15) is 11.9 Å². The number of benzene rings is 2. The van der Waals surface area contributed by atoms with Crippen molar-refractivity contribution in [2.75, 3.05) is 0 Å². The Kier molecular flexibility index (Phi) is 5.62. The molecule has 2 heterocycles. The summed E-state index contributed by atoms with van der Waals surface area (Å²) in [7, 11) is 0. The van der Waals surface area contributed by atoms with Crippen molar-refractivity contribution < 1.29 is 23.6 Å². The molecule has 1 unspecified atom stereocenters. The summed E-state index contributed by atoms with van der Waals surface area (Å²) in [5.74, 6) is -2.87. The van der Waals surface area contributed by atoms with Gasteiger partial charge in [-0.1, -0.05) is 28.1 Å². The monoisotopic (exact) mass is 501 g/mol. The third kappa shape index (κ3) is 4.04. The SMILES string of the molecule is CC(C)(NC(=O)c1cc(F)c2c(c1)CN(C1CCC(=O)NC1=O)C2=O)c1ccc(Br)cc1. The number of imide groups is 1. The van der Waals surface area contributed by atoms with E-state index in [0.29, 0.717) is 5.56 Å². The lowest BCUT2D eigenvalue weighted by molar-refractivity contribution is -0.136. The van der Waals surface area contributed by atoms with Gasteiger partial charge in [0, 0.05) is 23.0 Å². The molecule has 2 aromatic carbocycles. The zero-order chi connectivity index (χ0) is 23.2. The molecule has 0 spiro atoms. The van der Waals surface area contributed by atoms with Crippen molar-refractivity contribution in [1.29, 1.82) is 0 Å². The van der Waals surface area contributed by atoms with E-state index >= 15 is 0 Å². The maximum Gasteiger partial charge on any atom is 0.258 e. The maximum absolute atomic E-state index is 14.9. The van der Waals surface area contributed by atoms with E-state index < -0.39 is 41.0 Å². The van der Waals surface area contributed by atoms with Gasteiger partial charge >= 0.3 is 0 Å². The summed E-state index contributed by atoms with van der Waals surface area (Å²) < 4.78 is 15.8. The lowest BCUT2D eigenvalue weighted by Gasteiger charge is -2.29. The minimum atomic E-state index is -0.847. The molecule has 1 atom stereocenters. The summed E-state index contributed by atoms with van der Waals surface area (Å²) in [6.07, 6.45) is 0.290. The first-order valence-electron chi connectivity index (χ1n) is 10.1. The molecule has 2 N–H and O–H groups in total. The van der Waals surface area contributed by atoms with Crippen LogP contribution in [0, 0.1) is 5.82 Å². The summed E-state index contributed by atoms with van der Waals surface area (Å²) in [4.78, 5) is 50.5. The number of nitrogens with zero attached hydrogens (tertiary/aromatic N) is 1. The van der Waals surface area contributed by atoms with Crippen LogP contribution in [0.2, 0.25) is 0 Å². The van der Waals surface area contributed by atoms with Crippen molar-refractivity contribution in [3.05, 3.63) is 68.9 Å². The Morgan fingerprint density at radius 1 is 1.19 bits per heavy atom. The number of fused-ring (bicyclic) bond motifs is 1. The molecule has 4 amide bonds. The van der Waals surface area contributed by atoms with E-state index in [1.807, 2.05) is 38.1 Å². The quantitative estimate of drug-likeness (QED) is 0.629. The minimum Gasteiger partial charge on any atom is -0.343 e. The van der Waals surface area contributed by atoms with Gasteiger partial charge in [0.25, 0.3) is 11.8 Å². The zero-order valence-electron chi connectivity index (χ0n) is 17.5. The highest BCUT2D eigenvalue weighted by molar-refractivity contribution is 9.10. The fraction of sp³-hybridized carbons (Fsp3) is 0.304. The largest absolute Gasteiger partial charge is 0.343 e. The van der Waals surface area contributed by atoms with E-state index in [4.69, 9.17) is 0 Å². The normalized spacial score (nSPS) is 18.4. The van der Waals surface area contributed by atoms with Gasteiger partial charge in [0.05, 0.1) is 11.1 Å². The number of hydrogen-bond donors (Lipinski definition) is 2. The molecule has 2 aliphatic rings. The fourth-order valence-electron chi connectivity index (χ4n) is 4.08. The smallest absolute Gasteiger partial charge is 0.258 e. The van der Waals surface area contributed by atoms with Gasteiger partial charge in [-0.15, -0.1) is 0 Å². The second-order valence-corrected chi connectivity index (χ2v) is 9.39. The average molecular weight is 502 g/mol. The van der Waals surface area contributed by atoms with Crippen LogP contribution < -0.4 is 10.6 Å². The van der Waals surface area contributed by atoms with Crippen molar-refractivity contribution in [2.24, 2.45) is 0 Å². The van der Waals surface area contributed by atoms with Crippen LogP contribution in [-0.4, -0.2) is 34.6 Å². The summed E-state index contributed by atoms with van der Waals surface area (Å²) in [6, 6.07) is 9.17. The Morgan fingerprint density at radius 3 is 2.53 bits per heavy atom. The van der Waals surface area contributed by atoms with Crippen LogP contribution in [0.15, 0.2) is 40.9 Å². The van der Waals surface area contributed by atoms with Crippen LogP contribution in [0.1, 0.15) is 58.5 Å². The lowest BCUT2D eigenvalue weighted by atomic mass is 9.93. The topological polar surface area (TPSA) is 95.6 Å². The van der Waals surface area contributed by atoms with E-state index in [9.17, 15) is 23.6 Å². The number of carbonyl (C=O) groups is 4. The van der Waals surface area contributed by atoms with Gasteiger partial charge in [-0.25, -0.2) is 4.39 Å². The molecule has 166 valence electrons. The Morgan fingerprint density at radius 2 is 1.88 bits per heavy atom. The van der Waals surface area contributed by atoms with E-state index in [2.05, 4.69) is 26.6 Å². The first-order chi connectivity index (χ1) is 15.1. The molecular formula is C23H21BrFN3O4. The van der Waals surface area contributed by atoms with Gasteiger partial charge in [-0.05, 0) is 55.7 Å². The predicted octanol–water partition coefficient (Wildman–Crippen LogP) is 3.01. The van der Waals surface area contributed by atoms with Crippen LogP contribution in [-0.2, 0) is 21.7 Å². The van der Waals surface area contributed by atoms with E-state index in [0.717, 1.165) is 16.1 Å². The highest BCUT2D eigenvalue weighted by atomic mass is 79.9. The second-order valence-electron chi connectivity index (χ2n) is 8.48. The number of piperidine rings is 1. The van der Waals surface area contributed by atoms with Gasteiger partial charge < -0.3 is 10.2 Å². The van der Waals surface area contributed by atoms with Crippen molar-refractivity contribution in [2.45, 2.75) is 44.8 Å². The Bertz CT molecular complexity index is 1150. The average Bonchev–Trinajstić information content (AvgIpc) is 3.04. The number of carbonyl (C=O) groups excluding carboxylic acids is 4. The van der Waals surface area contributed by atoms with Crippen LogP contribution in [0.3, 0.4) is 0 Å². The highest BCUT2D eigenvalue weighted by Crippen LogP contribution is 2.31. The standard InChI is InChI=1S/C23H21BrFN3O4/c1-23(2,14-3-5-15(24)6-4-14)27-20(30)12-9-13-11-28(22(32)19(13)16(25)10-12)17-7-8-18(29)26-21(17)31/h3-6,9-10,17H,7-8,11H2,1-2H3,(H,27,30)(H,26,29,31). The van der Waals surface area contributed by atoms with Crippen LogP contribution in [0.25, 0.3) is 0 Å². The first kappa shape index (κ1) is 22.1. The van der Waals surface area contributed by atoms with Gasteiger partial charge in [-0.3, -0.25) is 24.5 Å². The molecule has 9 heteroatoms. The molecule has 2 aliphatic heterocycles. The molecule has 0 aliphatic carbocycles. The predicted molar refractivity (Wildman–Crippen MR) is 117 cm³/mol. The first-order valence-corrected chi connectivity index (χ1v) is 10.9. The molecule has 2 aromatic rings. The molecule has 1 fully saturated rings. The summed E-state index contributed by atoms with van der Waals surface area (Å²) in [6.45, 7) is 3.67. The number of rotatable bonds is 4. The molecule has 32 heavy (non-hydrogen) atoms. The fourth-order valence-corrected chi connectivity index (χ4v) is 4.35. The Hall–Kier alpha value is -3.07. The Balaban J connectivity index is 1.56. The van der Waals surface area contributed by atoms with Crippen molar-refractivity contribution in [3.63, 3.8) is 0 Å². The summed E-state index contributed by atoms with van der Waals surface area (Å²) in [5, 5.41) is 5.11. The number of nitrogens with one attached hydrogen (secondary N) is 2. The number of hydrogen-bond acceptors (Lipinski definition) is 4. The zero-order valence-corrected chi connectivity index (χ0v) is 19.1. The third-order valence-electron chi connectivity index (χ3n) is 5.83. The number of halogens is 2. The molecule has 0 bridgehead atoms. The van der Waals surface area contributed by atoms with Crippen molar-refractivity contribution in [3.8, 4) is 0 Å². The van der Waals surface area contributed by atoms with Gasteiger partial charge in [-0.2, -0.15) is 0 Å². The minimum absolute atomic E-state index is 0.00537. The molecule has 0 saturated carbocycles. The number of amides is 4. The van der Waals surface area contributed by atoms with Crippen LogP contribution in [0.4, 0.5) is 4.39 Å². The van der Waals surface area contributed by atoms with Crippen LogP contribution in [0.5, 0.6) is 0 Å². The van der Waals surface area contributed by atoms with Gasteiger partial charge in [0.15, 0.2) is 0 Å². The van der Waals surface area contributed by atoms with E-state index in [1.54, 1.807) is 0 Å². The van der Waals surface area contributed by atoms with Crippen molar-refractivity contribution in [1.82, 2.24) is 15.5 Å². The van der Waals surface area contributed by atoms with E-state index in [1.165, 1.54) is 11.0 Å². The molecule has 0 aromatic heterocycles. The summed E-state index contributed by atoms with van der Waals surface area (Å²) >= 11 is 3.38. The molecule has 0 radical (unpaired) electrons. The summed E-state index contributed by atoms with van der Waals surface area (Å²) in [5.41, 5.74) is 0.436. The van der Waals surface area contributed by atoms with E-state index in [-0.39, 0.29) is 30.5 Å². The maximum atomic E-state index is 14.9. The molecule has 7 nitrogen and oxygen atoms in total. The highest BCUT2D eigenvalue weighted by Gasteiger charge is 2.41.